The zero-order valence-electron chi connectivity index (χ0n) is 7.17. The Labute approximate surface area is 67.9 Å². The molecule has 0 fully saturated rings. The fraction of sp³-hybridized carbons (Fsp3) is 0.556. The van der Waals surface area contributed by atoms with Gasteiger partial charge in [0.05, 0.1) is 17.9 Å². The molecule has 0 aromatic heterocycles. The number of aliphatic hydroxyl groups is 2. The predicted molar refractivity (Wildman–Crippen MR) is 46.6 cm³/mol. The third kappa shape index (κ3) is 5.52. The van der Waals surface area contributed by atoms with Gasteiger partial charge in [-0.1, -0.05) is 13.8 Å². The first-order valence-corrected chi connectivity index (χ1v) is 3.96. The zero-order chi connectivity index (χ0) is 8.69. The van der Waals surface area contributed by atoms with Crippen LogP contribution in [0.15, 0.2) is 23.7 Å². The smallest absolute Gasteiger partial charge is 0.0957 e. The van der Waals surface area contributed by atoms with Gasteiger partial charge in [0.1, 0.15) is 0 Å². The van der Waals surface area contributed by atoms with Crippen molar-refractivity contribution >= 4 is 0 Å². The van der Waals surface area contributed by atoms with Crippen molar-refractivity contribution in [3.63, 3.8) is 0 Å². The van der Waals surface area contributed by atoms with E-state index in [0.29, 0.717) is 0 Å². The maximum atomic E-state index is 9.11. The van der Waals surface area contributed by atoms with Crippen LogP contribution in [0.25, 0.3) is 0 Å². The van der Waals surface area contributed by atoms with E-state index in [0.717, 1.165) is 12.8 Å². The fourth-order valence-electron chi connectivity index (χ4n) is 0.801. The van der Waals surface area contributed by atoms with E-state index in [1.54, 1.807) is 12.2 Å². The van der Waals surface area contributed by atoms with Crippen LogP contribution in [0.5, 0.6) is 0 Å². The molecule has 0 aromatic rings. The lowest BCUT2D eigenvalue weighted by Gasteiger charge is -1.98. The minimum absolute atomic E-state index is 0.245. The lowest BCUT2D eigenvalue weighted by atomic mass is 10.2. The SMILES string of the molecule is CCC=C(O)CC(O)=CCC. The quantitative estimate of drug-likeness (QED) is 0.614. The molecule has 0 bridgehead atoms. The van der Waals surface area contributed by atoms with Gasteiger partial charge in [-0.2, -0.15) is 0 Å². The molecule has 0 heterocycles. The summed E-state index contributed by atoms with van der Waals surface area (Å²) in [5.41, 5.74) is 0. The molecule has 64 valence electrons. The van der Waals surface area contributed by atoms with Crippen LogP contribution in [0.4, 0.5) is 0 Å². The van der Waals surface area contributed by atoms with Gasteiger partial charge in [0.25, 0.3) is 0 Å². The summed E-state index contributed by atoms with van der Waals surface area (Å²) in [6, 6.07) is 0. The molecule has 2 heteroatoms. The predicted octanol–water partition coefficient (Wildman–Crippen LogP) is 3.08. The molecule has 0 saturated heterocycles. The van der Waals surface area contributed by atoms with E-state index in [-0.39, 0.29) is 17.9 Å². The highest BCUT2D eigenvalue weighted by molar-refractivity contribution is 5.03. The van der Waals surface area contributed by atoms with Crippen molar-refractivity contribution in [3.8, 4) is 0 Å². The van der Waals surface area contributed by atoms with Crippen LogP contribution in [-0.2, 0) is 0 Å². The van der Waals surface area contributed by atoms with Gasteiger partial charge in [0, 0.05) is 0 Å². The highest BCUT2D eigenvalue weighted by Crippen LogP contribution is 2.06. The molecule has 0 atom stereocenters. The van der Waals surface area contributed by atoms with Gasteiger partial charge in [-0.3, -0.25) is 0 Å². The van der Waals surface area contributed by atoms with Crippen molar-refractivity contribution in [3.05, 3.63) is 23.7 Å². The highest BCUT2D eigenvalue weighted by atomic mass is 16.3. The van der Waals surface area contributed by atoms with Crippen LogP contribution in [0.1, 0.15) is 33.1 Å². The van der Waals surface area contributed by atoms with Crippen LogP contribution >= 0.6 is 0 Å². The molecule has 11 heavy (non-hydrogen) atoms. The average Bonchev–Trinajstić information content (AvgIpc) is 1.87. The van der Waals surface area contributed by atoms with Crippen molar-refractivity contribution in [1.29, 1.82) is 0 Å². The van der Waals surface area contributed by atoms with E-state index < -0.39 is 0 Å². The van der Waals surface area contributed by atoms with E-state index in [1.807, 2.05) is 13.8 Å². The standard InChI is InChI=1S/C9H16O2/c1-3-5-8(10)7-9(11)6-4-2/h5-6,10-11H,3-4,7H2,1-2H3. The van der Waals surface area contributed by atoms with E-state index in [1.165, 1.54) is 0 Å². The summed E-state index contributed by atoms with van der Waals surface area (Å²) >= 11 is 0. The zero-order valence-corrected chi connectivity index (χ0v) is 7.17. The van der Waals surface area contributed by atoms with Crippen LogP contribution in [0.3, 0.4) is 0 Å². The maximum Gasteiger partial charge on any atom is 0.0957 e. The van der Waals surface area contributed by atoms with E-state index in [9.17, 15) is 0 Å². The first kappa shape index (κ1) is 10.1. The second kappa shape index (κ2) is 5.83. The van der Waals surface area contributed by atoms with E-state index >= 15 is 0 Å². The summed E-state index contributed by atoms with van der Waals surface area (Å²) in [5, 5.41) is 18.2. The first-order chi connectivity index (χ1) is 5.20. The van der Waals surface area contributed by atoms with Gasteiger partial charge in [-0.05, 0) is 25.0 Å². The Kier molecular flexibility index (Phi) is 5.35. The molecule has 0 amide bonds. The van der Waals surface area contributed by atoms with Crippen molar-refractivity contribution in [2.45, 2.75) is 33.1 Å². The summed E-state index contributed by atoms with van der Waals surface area (Å²) in [6.45, 7) is 3.88. The average molecular weight is 156 g/mol. The molecular weight excluding hydrogens is 140 g/mol. The van der Waals surface area contributed by atoms with Gasteiger partial charge in [0.15, 0.2) is 0 Å². The molecule has 0 aliphatic carbocycles. The van der Waals surface area contributed by atoms with Gasteiger partial charge in [-0.25, -0.2) is 0 Å². The molecule has 2 nitrogen and oxygen atoms in total. The Hall–Kier alpha value is -0.920. The topological polar surface area (TPSA) is 40.5 Å². The lowest BCUT2D eigenvalue weighted by molar-refractivity contribution is 0.339. The summed E-state index contributed by atoms with van der Waals surface area (Å²) < 4.78 is 0. The summed E-state index contributed by atoms with van der Waals surface area (Å²) in [7, 11) is 0. The lowest BCUT2D eigenvalue weighted by Crippen LogP contribution is -1.85. The van der Waals surface area contributed by atoms with Crippen LogP contribution in [-0.4, -0.2) is 10.2 Å². The number of hydrogen-bond donors (Lipinski definition) is 2. The minimum atomic E-state index is 0.245. The molecule has 0 unspecified atom stereocenters. The Balaban J connectivity index is 3.84. The second-order valence-electron chi connectivity index (χ2n) is 2.38. The van der Waals surface area contributed by atoms with Gasteiger partial charge < -0.3 is 10.2 Å². The second-order valence-corrected chi connectivity index (χ2v) is 2.38. The monoisotopic (exact) mass is 156 g/mol. The summed E-state index contributed by atoms with van der Waals surface area (Å²) in [6.07, 6.45) is 5.25. The Morgan fingerprint density at radius 2 is 1.36 bits per heavy atom. The van der Waals surface area contributed by atoms with Crippen molar-refractivity contribution in [2.75, 3.05) is 0 Å². The summed E-state index contributed by atoms with van der Waals surface area (Å²) in [5.74, 6) is 0.490. The van der Waals surface area contributed by atoms with Crippen molar-refractivity contribution in [1.82, 2.24) is 0 Å². The minimum Gasteiger partial charge on any atom is -0.512 e. The molecule has 2 N–H and O–H groups in total. The summed E-state index contributed by atoms with van der Waals surface area (Å²) in [4.78, 5) is 0. The third-order valence-electron chi connectivity index (χ3n) is 1.24. The molecule has 0 aliphatic rings. The molecular formula is C9H16O2. The number of aliphatic hydroxyl groups excluding tert-OH is 2. The van der Waals surface area contributed by atoms with E-state index in [2.05, 4.69) is 0 Å². The maximum absolute atomic E-state index is 9.11. The Morgan fingerprint density at radius 3 is 1.64 bits per heavy atom. The Morgan fingerprint density at radius 1 is 1.00 bits per heavy atom. The van der Waals surface area contributed by atoms with Crippen molar-refractivity contribution < 1.29 is 10.2 Å². The van der Waals surface area contributed by atoms with Gasteiger partial charge in [0.2, 0.25) is 0 Å². The number of hydrogen-bond acceptors (Lipinski definition) is 2. The van der Waals surface area contributed by atoms with E-state index in [4.69, 9.17) is 10.2 Å². The molecule has 0 radical (unpaired) electrons. The molecule has 0 aromatic carbocycles. The largest absolute Gasteiger partial charge is 0.512 e. The van der Waals surface area contributed by atoms with Gasteiger partial charge in [-0.15, -0.1) is 0 Å². The molecule has 0 rings (SSSR count). The van der Waals surface area contributed by atoms with Gasteiger partial charge >= 0.3 is 0 Å². The molecule has 0 aliphatic heterocycles. The molecule has 0 spiro atoms. The molecule has 0 saturated carbocycles. The third-order valence-corrected chi connectivity index (χ3v) is 1.24. The normalized spacial score (nSPS) is 13.6. The number of rotatable bonds is 4. The first-order valence-electron chi connectivity index (χ1n) is 3.96. The van der Waals surface area contributed by atoms with Crippen LogP contribution in [0, 0.1) is 0 Å². The van der Waals surface area contributed by atoms with Crippen LogP contribution < -0.4 is 0 Å². The van der Waals surface area contributed by atoms with Crippen LogP contribution in [0.2, 0.25) is 0 Å². The highest BCUT2D eigenvalue weighted by Gasteiger charge is 1.95. The fourth-order valence-corrected chi connectivity index (χ4v) is 0.801. The number of allylic oxidation sites excluding steroid dienone is 2. The Bertz CT molecular complexity index is 139. The van der Waals surface area contributed by atoms with Crippen molar-refractivity contribution in [2.24, 2.45) is 0 Å².